The zero-order valence-electron chi connectivity index (χ0n) is 12.0. The summed E-state index contributed by atoms with van der Waals surface area (Å²) in [6.45, 7) is 11.3. The Kier molecular flexibility index (Phi) is 4.40. The normalized spacial score (nSPS) is 22.1. The molecule has 4 heteroatoms. The summed E-state index contributed by atoms with van der Waals surface area (Å²) in [5.74, 6) is 0. The van der Waals surface area contributed by atoms with Crippen LogP contribution < -0.4 is 5.32 Å². The SMILES string of the molecule is CCNC(C)c1c(C)nn(C2CCCOC2)c1C. The second-order valence-corrected chi connectivity index (χ2v) is 5.18. The minimum Gasteiger partial charge on any atom is -0.379 e. The smallest absolute Gasteiger partial charge is 0.0756 e. The zero-order valence-corrected chi connectivity index (χ0v) is 12.0. The Balaban J connectivity index is 2.24. The van der Waals surface area contributed by atoms with E-state index in [0.717, 1.165) is 31.9 Å². The Hall–Kier alpha value is -0.870. The molecule has 18 heavy (non-hydrogen) atoms. The molecule has 1 aromatic heterocycles. The molecule has 0 aromatic carbocycles. The number of aryl methyl sites for hydroxylation is 1. The van der Waals surface area contributed by atoms with Crippen molar-refractivity contribution in [3.8, 4) is 0 Å². The van der Waals surface area contributed by atoms with Gasteiger partial charge < -0.3 is 10.1 Å². The van der Waals surface area contributed by atoms with E-state index in [9.17, 15) is 0 Å². The predicted octanol–water partition coefficient (Wildman–Crippen LogP) is 2.52. The van der Waals surface area contributed by atoms with Crippen molar-refractivity contribution in [3.63, 3.8) is 0 Å². The molecule has 1 aliphatic rings. The average Bonchev–Trinajstić information content (AvgIpc) is 2.66. The van der Waals surface area contributed by atoms with Crippen molar-refractivity contribution in [3.05, 3.63) is 17.0 Å². The van der Waals surface area contributed by atoms with Crippen molar-refractivity contribution in [1.82, 2.24) is 15.1 Å². The van der Waals surface area contributed by atoms with E-state index in [1.54, 1.807) is 0 Å². The number of hydrogen-bond donors (Lipinski definition) is 1. The Labute approximate surface area is 110 Å². The number of hydrogen-bond acceptors (Lipinski definition) is 3. The van der Waals surface area contributed by atoms with Gasteiger partial charge in [-0.25, -0.2) is 0 Å². The lowest BCUT2D eigenvalue weighted by molar-refractivity contribution is 0.0541. The summed E-state index contributed by atoms with van der Waals surface area (Å²) in [6, 6.07) is 0.785. The Morgan fingerprint density at radius 2 is 2.28 bits per heavy atom. The second kappa shape index (κ2) is 5.85. The molecule has 0 amide bonds. The van der Waals surface area contributed by atoms with Crippen LogP contribution in [0.1, 0.15) is 55.7 Å². The van der Waals surface area contributed by atoms with Crippen LogP contribution in [-0.2, 0) is 4.74 Å². The van der Waals surface area contributed by atoms with Crippen LogP contribution in [0.25, 0.3) is 0 Å². The minimum absolute atomic E-state index is 0.369. The van der Waals surface area contributed by atoms with Crippen LogP contribution in [0, 0.1) is 13.8 Å². The van der Waals surface area contributed by atoms with Crippen LogP contribution in [0.3, 0.4) is 0 Å². The van der Waals surface area contributed by atoms with Crippen molar-refractivity contribution < 1.29 is 4.74 Å². The molecule has 2 unspecified atom stereocenters. The van der Waals surface area contributed by atoms with E-state index in [-0.39, 0.29) is 0 Å². The van der Waals surface area contributed by atoms with E-state index in [4.69, 9.17) is 9.84 Å². The molecule has 1 saturated heterocycles. The summed E-state index contributed by atoms with van der Waals surface area (Å²) in [4.78, 5) is 0. The molecule has 2 rings (SSSR count). The highest BCUT2D eigenvalue weighted by Gasteiger charge is 2.23. The maximum atomic E-state index is 5.57. The van der Waals surface area contributed by atoms with Gasteiger partial charge in [0.25, 0.3) is 0 Å². The van der Waals surface area contributed by atoms with Crippen LogP contribution in [0.4, 0.5) is 0 Å². The summed E-state index contributed by atoms with van der Waals surface area (Å²) < 4.78 is 7.75. The standard InChI is InChI=1S/C14H25N3O/c1-5-15-10(2)14-11(3)16-17(12(14)4)13-7-6-8-18-9-13/h10,13,15H,5-9H2,1-4H3. The van der Waals surface area contributed by atoms with Crippen molar-refractivity contribution in [1.29, 1.82) is 0 Å². The summed E-state index contributed by atoms with van der Waals surface area (Å²) in [6.07, 6.45) is 2.32. The molecule has 1 aromatic rings. The molecule has 1 N–H and O–H groups in total. The van der Waals surface area contributed by atoms with E-state index in [2.05, 4.69) is 37.7 Å². The third kappa shape index (κ3) is 2.59. The van der Waals surface area contributed by atoms with Gasteiger partial charge in [-0.2, -0.15) is 5.10 Å². The van der Waals surface area contributed by atoms with Crippen LogP contribution in [0.15, 0.2) is 0 Å². The van der Waals surface area contributed by atoms with Crippen molar-refractivity contribution in [2.45, 2.75) is 52.6 Å². The molecule has 1 fully saturated rings. The number of nitrogens with one attached hydrogen (secondary N) is 1. The van der Waals surface area contributed by atoms with E-state index in [0.29, 0.717) is 12.1 Å². The van der Waals surface area contributed by atoms with E-state index in [1.807, 2.05) is 0 Å². The fourth-order valence-corrected chi connectivity index (χ4v) is 2.98. The summed E-state index contributed by atoms with van der Waals surface area (Å²) in [7, 11) is 0. The molecule has 0 spiro atoms. The van der Waals surface area contributed by atoms with Gasteiger partial charge in [-0.1, -0.05) is 6.92 Å². The summed E-state index contributed by atoms with van der Waals surface area (Å²) in [5.41, 5.74) is 3.78. The first kappa shape index (κ1) is 13.6. The fraction of sp³-hybridized carbons (Fsp3) is 0.786. The van der Waals surface area contributed by atoms with Crippen LogP contribution in [0.5, 0.6) is 0 Å². The largest absolute Gasteiger partial charge is 0.379 e. The fourth-order valence-electron chi connectivity index (χ4n) is 2.98. The molecule has 1 aliphatic heterocycles. The van der Waals surface area contributed by atoms with Crippen LogP contribution >= 0.6 is 0 Å². The monoisotopic (exact) mass is 251 g/mol. The first-order valence-corrected chi connectivity index (χ1v) is 7.01. The average molecular weight is 251 g/mol. The number of ether oxygens (including phenoxy) is 1. The van der Waals surface area contributed by atoms with Gasteiger partial charge >= 0.3 is 0 Å². The summed E-state index contributed by atoms with van der Waals surface area (Å²) >= 11 is 0. The topological polar surface area (TPSA) is 39.1 Å². The van der Waals surface area contributed by atoms with Crippen LogP contribution in [-0.4, -0.2) is 29.5 Å². The summed E-state index contributed by atoms with van der Waals surface area (Å²) in [5, 5.41) is 8.21. The maximum absolute atomic E-state index is 5.57. The molecule has 2 atom stereocenters. The van der Waals surface area contributed by atoms with Crippen LogP contribution in [0.2, 0.25) is 0 Å². The van der Waals surface area contributed by atoms with Gasteiger partial charge in [-0.15, -0.1) is 0 Å². The molecular formula is C14H25N3O. The van der Waals surface area contributed by atoms with Gasteiger partial charge in [0, 0.05) is 23.9 Å². The molecule has 0 bridgehead atoms. The highest BCUT2D eigenvalue weighted by Crippen LogP contribution is 2.27. The quantitative estimate of drug-likeness (QED) is 0.893. The Morgan fingerprint density at radius 3 is 2.89 bits per heavy atom. The molecular weight excluding hydrogens is 226 g/mol. The first-order chi connectivity index (χ1) is 8.65. The molecule has 0 aliphatic carbocycles. The van der Waals surface area contributed by atoms with E-state index in [1.165, 1.54) is 17.7 Å². The van der Waals surface area contributed by atoms with Gasteiger partial charge in [0.05, 0.1) is 18.3 Å². The highest BCUT2D eigenvalue weighted by atomic mass is 16.5. The molecule has 2 heterocycles. The number of nitrogens with zero attached hydrogens (tertiary/aromatic N) is 2. The third-order valence-electron chi connectivity index (χ3n) is 3.81. The van der Waals surface area contributed by atoms with Crippen molar-refractivity contribution in [2.75, 3.05) is 19.8 Å². The number of aromatic nitrogens is 2. The lowest BCUT2D eigenvalue weighted by atomic mass is 10.1. The lowest BCUT2D eigenvalue weighted by Crippen LogP contribution is -2.23. The van der Waals surface area contributed by atoms with Gasteiger partial charge in [-0.05, 0) is 40.2 Å². The molecule has 4 nitrogen and oxygen atoms in total. The van der Waals surface area contributed by atoms with Gasteiger partial charge in [0.2, 0.25) is 0 Å². The maximum Gasteiger partial charge on any atom is 0.0756 e. The zero-order chi connectivity index (χ0) is 13.1. The first-order valence-electron chi connectivity index (χ1n) is 7.01. The lowest BCUT2D eigenvalue weighted by Gasteiger charge is -2.24. The molecule has 0 radical (unpaired) electrons. The van der Waals surface area contributed by atoms with Gasteiger partial charge in [0.1, 0.15) is 0 Å². The molecule has 102 valence electrons. The van der Waals surface area contributed by atoms with Crippen molar-refractivity contribution >= 4 is 0 Å². The number of rotatable bonds is 4. The van der Waals surface area contributed by atoms with E-state index >= 15 is 0 Å². The molecule has 0 saturated carbocycles. The third-order valence-corrected chi connectivity index (χ3v) is 3.81. The Bertz CT molecular complexity index is 394. The predicted molar refractivity (Wildman–Crippen MR) is 72.9 cm³/mol. The van der Waals surface area contributed by atoms with Gasteiger partial charge in [0.15, 0.2) is 0 Å². The van der Waals surface area contributed by atoms with E-state index < -0.39 is 0 Å². The Morgan fingerprint density at radius 1 is 1.50 bits per heavy atom. The van der Waals surface area contributed by atoms with Gasteiger partial charge in [-0.3, -0.25) is 4.68 Å². The minimum atomic E-state index is 0.369. The van der Waals surface area contributed by atoms with Crippen molar-refractivity contribution in [2.24, 2.45) is 0 Å². The highest BCUT2D eigenvalue weighted by molar-refractivity contribution is 5.28. The second-order valence-electron chi connectivity index (χ2n) is 5.18.